The molecule has 0 aromatic heterocycles. The first-order chi connectivity index (χ1) is 10.3. The average molecular weight is 310 g/mol. The third kappa shape index (κ3) is 4.27. The summed E-state index contributed by atoms with van der Waals surface area (Å²) in [5.41, 5.74) is 11.0. The normalized spacial score (nSPS) is 11.5. The fraction of sp³-hybridized carbons (Fsp3) is 0.308. The first-order valence-electron chi connectivity index (χ1n) is 6.39. The fourth-order valence-electron chi connectivity index (χ4n) is 1.88. The number of carboxylic acid groups (broad SMARTS) is 1. The molecule has 1 atom stereocenters. The molecule has 0 spiro atoms. The number of phenols is 2. The smallest absolute Gasteiger partial charge is 0.322 e. The van der Waals surface area contributed by atoms with Crippen LogP contribution in [0.2, 0.25) is 0 Å². The number of nitrogens with one attached hydrogen (secondary N) is 1. The summed E-state index contributed by atoms with van der Waals surface area (Å²) in [6.07, 6.45) is 0.385. The van der Waals surface area contributed by atoms with Crippen LogP contribution in [0.25, 0.3) is 0 Å². The van der Waals surface area contributed by atoms with Crippen molar-refractivity contribution in [2.45, 2.75) is 19.4 Å². The fourth-order valence-corrected chi connectivity index (χ4v) is 1.88. The van der Waals surface area contributed by atoms with Crippen LogP contribution < -0.4 is 16.8 Å². The van der Waals surface area contributed by atoms with Crippen LogP contribution in [-0.4, -0.2) is 39.7 Å². The molecule has 0 aliphatic heterocycles. The van der Waals surface area contributed by atoms with Crippen LogP contribution in [-0.2, 0) is 16.0 Å². The Morgan fingerprint density at radius 2 is 1.82 bits per heavy atom. The second kappa shape index (κ2) is 7.16. The zero-order valence-electron chi connectivity index (χ0n) is 11.9. The molecule has 0 bridgehead atoms. The molecule has 0 fully saturated rings. The van der Waals surface area contributed by atoms with Gasteiger partial charge in [-0.1, -0.05) is 6.92 Å². The van der Waals surface area contributed by atoms with E-state index < -0.39 is 30.4 Å². The Morgan fingerprint density at radius 1 is 1.27 bits per heavy atom. The monoisotopic (exact) mass is 310 g/mol. The number of nitrogens with zero attached hydrogens (tertiary/aromatic N) is 1. The summed E-state index contributed by atoms with van der Waals surface area (Å²) in [5.74, 6) is -2.82. The van der Waals surface area contributed by atoms with E-state index in [9.17, 15) is 19.8 Å². The van der Waals surface area contributed by atoms with Crippen LogP contribution in [0.4, 0.5) is 0 Å². The Labute approximate surface area is 126 Å². The number of amides is 1. The number of hydrogen-bond acceptors (Lipinski definition) is 5. The maximum atomic E-state index is 12.0. The number of rotatable bonds is 6. The lowest BCUT2D eigenvalue weighted by Gasteiger charge is -2.15. The highest BCUT2D eigenvalue weighted by Gasteiger charge is 2.23. The molecule has 22 heavy (non-hydrogen) atoms. The predicted molar refractivity (Wildman–Crippen MR) is 78.3 cm³/mol. The van der Waals surface area contributed by atoms with E-state index in [0.717, 1.165) is 0 Å². The number of carboxylic acids is 1. The number of phenolic OH excluding ortho intramolecular Hbond substituents is 2. The molecule has 0 aliphatic carbocycles. The minimum Gasteiger partial charge on any atom is -0.508 e. The summed E-state index contributed by atoms with van der Waals surface area (Å²) in [4.78, 5) is 26.2. The van der Waals surface area contributed by atoms with Crippen molar-refractivity contribution in [1.82, 2.24) is 5.32 Å². The van der Waals surface area contributed by atoms with Gasteiger partial charge in [-0.25, -0.2) is 4.99 Å². The predicted octanol–water partition coefficient (Wildman–Crippen LogP) is -0.824. The van der Waals surface area contributed by atoms with Crippen molar-refractivity contribution in [2.24, 2.45) is 16.5 Å². The minimum atomic E-state index is -1.29. The van der Waals surface area contributed by atoms with Gasteiger partial charge >= 0.3 is 5.97 Å². The Hall–Kier alpha value is -2.97. The first-order valence-corrected chi connectivity index (χ1v) is 6.39. The van der Waals surface area contributed by atoms with Crippen LogP contribution >= 0.6 is 0 Å². The SMILES string of the molecule is CCc1c(O)cc(C(N=C(N)N)C(=O)NCC(=O)O)cc1O. The van der Waals surface area contributed by atoms with E-state index >= 15 is 0 Å². The molecule has 1 aromatic carbocycles. The van der Waals surface area contributed by atoms with Gasteiger partial charge in [0.25, 0.3) is 0 Å². The molecule has 1 rings (SSSR count). The zero-order chi connectivity index (χ0) is 16.9. The molecular weight excluding hydrogens is 292 g/mol. The maximum absolute atomic E-state index is 12.0. The molecule has 1 unspecified atom stereocenters. The molecular formula is C13H18N4O5. The van der Waals surface area contributed by atoms with Crippen LogP contribution in [0.5, 0.6) is 11.5 Å². The number of aliphatic carboxylic acids is 1. The summed E-state index contributed by atoms with van der Waals surface area (Å²) in [7, 11) is 0. The number of aliphatic imine (C=N–C) groups is 1. The summed E-state index contributed by atoms with van der Waals surface area (Å²) in [5, 5.41) is 30.4. The number of benzene rings is 1. The van der Waals surface area contributed by atoms with Crippen molar-refractivity contribution < 1.29 is 24.9 Å². The van der Waals surface area contributed by atoms with Crippen LogP contribution in [0, 0.1) is 0 Å². The molecule has 0 saturated heterocycles. The third-order valence-electron chi connectivity index (χ3n) is 2.83. The average Bonchev–Trinajstić information content (AvgIpc) is 2.41. The third-order valence-corrected chi connectivity index (χ3v) is 2.83. The highest BCUT2D eigenvalue weighted by atomic mass is 16.4. The van der Waals surface area contributed by atoms with Crippen LogP contribution in [0.1, 0.15) is 24.1 Å². The number of carbonyl (C=O) groups excluding carboxylic acids is 1. The molecule has 0 aliphatic rings. The Balaban J connectivity index is 3.20. The van der Waals surface area contributed by atoms with Gasteiger partial charge < -0.3 is 32.1 Å². The lowest BCUT2D eigenvalue weighted by atomic mass is 10.0. The number of hydrogen-bond donors (Lipinski definition) is 6. The van der Waals surface area contributed by atoms with E-state index in [2.05, 4.69) is 10.3 Å². The molecule has 0 heterocycles. The van der Waals surface area contributed by atoms with E-state index in [4.69, 9.17) is 16.6 Å². The van der Waals surface area contributed by atoms with Gasteiger partial charge in [-0.05, 0) is 24.1 Å². The molecule has 9 nitrogen and oxygen atoms in total. The maximum Gasteiger partial charge on any atom is 0.322 e. The molecule has 1 aromatic rings. The summed E-state index contributed by atoms with van der Waals surface area (Å²) in [6, 6.07) is 1.21. The van der Waals surface area contributed by atoms with Crippen molar-refractivity contribution in [3.8, 4) is 11.5 Å². The standard InChI is InChI=1S/C13H18N4O5/c1-2-7-8(18)3-6(4-9(7)19)11(17-13(14)15)12(22)16-5-10(20)21/h3-4,11,18-19H,2,5H2,1H3,(H,16,22)(H,20,21)(H4,14,15,17). The van der Waals surface area contributed by atoms with E-state index in [1.807, 2.05) is 0 Å². The zero-order valence-corrected chi connectivity index (χ0v) is 11.9. The number of aromatic hydroxyl groups is 2. The van der Waals surface area contributed by atoms with Gasteiger partial charge in [0.15, 0.2) is 12.0 Å². The second-order valence-electron chi connectivity index (χ2n) is 4.46. The van der Waals surface area contributed by atoms with Gasteiger partial charge in [0.1, 0.15) is 18.0 Å². The lowest BCUT2D eigenvalue weighted by Crippen LogP contribution is -2.35. The van der Waals surface area contributed by atoms with Crippen LogP contribution in [0.15, 0.2) is 17.1 Å². The van der Waals surface area contributed by atoms with Crippen molar-refractivity contribution in [3.63, 3.8) is 0 Å². The lowest BCUT2D eigenvalue weighted by molar-refractivity contribution is -0.138. The summed E-state index contributed by atoms with van der Waals surface area (Å²) >= 11 is 0. The Kier molecular flexibility index (Phi) is 5.56. The van der Waals surface area contributed by atoms with E-state index in [1.54, 1.807) is 6.92 Å². The Bertz CT molecular complexity index is 587. The number of guanidine groups is 1. The highest BCUT2D eigenvalue weighted by Crippen LogP contribution is 2.32. The van der Waals surface area contributed by atoms with Crippen molar-refractivity contribution >= 4 is 17.8 Å². The quantitative estimate of drug-likeness (QED) is 0.294. The van der Waals surface area contributed by atoms with E-state index in [0.29, 0.717) is 12.0 Å². The Morgan fingerprint density at radius 3 is 2.23 bits per heavy atom. The molecule has 120 valence electrons. The van der Waals surface area contributed by atoms with E-state index in [1.165, 1.54) is 12.1 Å². The second-order valence-corrected chi connectivity index (χ2v) is 4.46. The van der Waals surface area contributed by atoms with Crippen molar-refractivity contribution in [2.75, 3.05) is 6.54 Å². The van der Waals surface area contributed by atoms with Crippen molar-refractivity contribution in [3.05, 3.63) is 23.3 Å². The summed E-state index contributed by atoms with van der Waals surface area (Å²) in [6.45, 7) is 1.13. The van der Waals surface area contributed by atoms with Gasteiger partial charge in [-0.2, -0.15) is 0 Å². The molecule has 0 saturated carbocycles. The minimum absolute atomic E-state index is 0.128. The van der Waals surface area contributed by atoms with Gasteiger partial charge in [0.2, 0.25) is 5.91 Å². The largest absolute Gasteiger partial charge is 0.508 e. The van der Waals surface area contributed by atoms with Gasteiger partial charge in [-0.15, -0.1) is 0 Å². The number of nitrogens with two attached hydrogens (primary N) is 2. The first kappa shape index (κ1) is 17.1. The van der Waals surface area contributed by atoms with Gasteiger partial charge in [0, 0.05) is 5.56 Å². The van der Waals surface area contributed by atoms with E-state index in [-0.39, 0.29) is 17.1 Å². The number of carbonyl (C=O) groups is 2. The van der Waals surface area contributed by atoms with Crippen molar-refractivity contribution in [1.29, 1.82) is 0 Å². The molecule has 1 amide bonds. The summed E-state index contributed by atoms with van der Waals surface area (Å²) < 4.78 is 0. The van der Waals surface area contributed by atoms with Gasteiger partial charge in [-0.3, -0.25) is 9.59 Å². The molecule has 0 radical (unpaired) electrons. The van der Waals surface area contributed by atoms with Gasteiger partial charge in [0.05, 0.1) is 0 Å². The molecule has 8 N–H and O–H groups in total. The van der Waals surface area contributed by atoms with Crippen LogP contribution in [0.3, 0.4) is 0 Å². The topological polar surface area (TPSA) is 171 Å². The molecule has 9 heteroatoms. The highest BCUT2D eigenvalue weighted by molar-refractivity contribution is 5.89.